The standard InChI is InChI=1S/C65H39N7/c66-40-42-23-27-44(28-24-42)48-31-34-54-55-35-32-49(45-29-25-43(41-67)26-30-45)39-61(55)72(60(54)38-48)59-36-33-50(52-20-12-21-56-53-19-10-11-22-58(53)71(62(52)56)51-17-8-3-9-18-51)37-57(59)65-69-63(46-13-4-1-5-14-46)68-64(70-65)47-15-6-2-7-16-47/h1-39H. The third-order valence-electron chi connectivity index (χ3n) is 13.7. The zero-order valence-electron chi connectivity index (χ0n) is 38.6. The number of rotatable bonds is 8. The molecule has 13 aromatic rings. The molecule has 0 radical (unpaired) electrons. The van der Waals surface area contributed by atoms with Gasteiger partial charge in [0.05, 0.1) is 51.0 Å². The van der Waals surface area contributed by atoms with Crippen LogP contribution >= 0.6 is 0 Å². The maximum Gasteiger partial charge on any atom is 0.166 e. The summed E-state index contributed by atoms with van der Waals surface area (Å²) < 4.78 is 4.72. The molecule has 0 aliphatic rings. The summed E-state index contributed by atoms with van der Waals surface area (Å²) in [6.07, 6.45) is 0. The molecule has 72 heavy (non-hydrogen) atoms. The quantitative estimate of drug-likeness (QED) is 0.151. The van der Waals surface area contributed by atoms with Crippen molar-refractivity contribution in [3.05, 3.63) is 248 Å². The Morgan fingerprint density at radius 2 is 0.778 bits per heavy atom. The smallest absolute Gasteiger partial charge is 0.166 e. The van der Waals surface area contributed by atoms with Crippen molar-refractivity contribution in [2.75, 3.05) is 0 Å². The normalized spacial score (nSPS) is 11.3. The molecule has 0 fully saturated rings. The van der Waals surface area contributed by atoms with Crippen molar-refractivity contribution < 1.29 is 0 Å². The van der Waals surface area contributed by atoms with Gasteiger partial charge >= 0.3 is 0 Å². The second-order valence-corrected chi connectivity index (χ2v) is 17.8. The third kappa shape index (κ3) is 7.17. The highest BCUT2D eigenvalue weighted by Gasteiger charge is 2.23. The minimum atomic E-state index is 0.525. The van der Waals surface area contributed by atoms with Crippen molar-refractivity contribution in [3.63, 3.8) is 0 Å². The molecule has 0 aliphatic heterocycles. The Hall–Kier alpha value is -10.2. The molecule has 0 aliphatic carbocycles. The Balaban J connectivity index is 1.14. The summed E-state index contributed by atoms with van der Waals surface area (Å²) in [5.41, 5.74) is 16.0. The first-order valence-electron chi connectivity index (χ1n) is 23.8. The van der Waals surface area contributed by atoms with Gasteiger partial charge in [0.1, 0.15) is 0 Å². The van der Waals surface area contributed by atoms with Crippen LogP contribution in [0.2, 0.25) is 0 Å². The summed E-state index contributed by atoms with van der Waals surface area (Å²) in [5, 5.41) is 23.8. The van der Waals surface area contributed by atoms with E-state index in [0.717, 1.165) is 99.7 Å². The molecule has 0 bridgehead atoms. The maximum atomic E-state index is 9.66. The molecule has 3 heterocycles. The summed E-state index contributed by atoms with van der Waals surface area (Å²) in [7, 11) is 0. The molecule has 7 heteroatoms. The number of nitrogens with zero attached hydrogens (tertiary/aromatic N) is 7. The molecule has 0 saturated heterocycles. The Morgan fingerprint density at radius 1 is 0.306 bits per heavy atom. The lowest BCUT2D eigenvalue weighted by Crippen LogP contribution is -2.04. The van der Waals surface area contributed by atoms with Crippen LogP contribution < -0.4 is 0 Å². The molecule has 3 aromatic heterocycles. The summed E-state index contributed by atoms with van der Waals surface area (Å²) in [6.45, 7) is 0. The number of aromatic nitrogens is 5. The van der Waals surface area contributed by atoms with Gasteiger partial charge in [0.15, 0.2) is 17.5 Å². The van der Waals surface area contributed by atoms with Crippen molar-refractivity contribution in [3.8, 4) is 91.1 Å². The van der Waals surface area contributed by atoms with E-state index in [0.29, 0.717) is 28.6 Å². The highest BCUT2D eigenvalue weighted by Crippen LogP contribution is 2.43. The van der Waals surface area contributed by atoms with E-state index in [2.05, 4.69) is 149 Å². The fourth-order valence-corrected chi connectivity index (χ4v) is 10.2. The maximum absolute atomic E-state index is 9.66. The molecule has 334 valence electrons. The van der Waals surface area contributed by atoms with E-state index in [1.165, 1.54) is 5.39 Å². The molecule has 0 atom stereocenters. The summed E-state index contributed by atoms with van der Waals surface area (Å²) >= 11 is 0. The Labute approximate surface area is 415 Å². The van der Waals surface area contributed by atoms with Gasteiger partial charge in [0.25, 0.3) is 0 Å². The third-order valence-corrected chi connectivity index (χ3v) is 13.7. The van der Waals surface area contributed by atoms with Gasteiger partial charge in [-0.1, -0.05) is 170 Å². The highest BCUT2D eigenvalue weighted by atomic mass is 15.1. The van der Waals surface area contributed by atoms with Gasteiger partial charge in [0.2, 0.25) is 0 Å². The topological polar surface area (TPSA) is 96.1 Å². The van der Waals surface area contributed by atoms with Gasteiger partial charge in [-0.2, -0.15) is 10.5 Å². The van der Waals surface area contributed by atoms with E-state index in [9.17, 15) is 10.5 Å². The van der Waals surface area contributed by atoms with Crippen molar-refractivity contribution >= 4 is 43.6 Å². The van der Waals surface area contributed by atoms with Crippen LogP contribution in [-0.2, 0) is 0 Å². The SMILES string of the molecule is N#Cc1ccc(-c2ccc3c4ccc(-c5ccc(C#N)cc5)cc4n(-c4ccc(-c5cccc6c7ccccc7n(-c7ccccc7)c56)cc4-c4nc(-c5ccccc5)nc(-c5ccccc5)n4)c3c2)cc1. The van der Waals surface area contributed by atoms with E-state index in [1.807, 2.05) is 109 Å². The molecular formula is C65H39N7. The first-order chi connectivity index (χ1) is 35.6. The first kappa shape index (κ1) is 41.9. The number of hydrogen-bond acceptors (Lipinski definition) is 5. The average molecular weight is 918 g/mol. The lowest BCUT2D eigenvalue weighted by Gasteiger charge is -2.18. The van der Waals surface area contributed by atoms with Gasteiger partial charge in [-0.3, -0.25) is 0 Å². The largest absolute Gasteiger partial charge is 0.309 e. The van der Waals surface area contributed by atoms with Crippen molar-refractivity contribution in [2.24, 2.45) is 0 Å². The van der Waals surface area contributed by atoms with Gasteiger partial charge in [-0.05, 0) is 94.5 Å². The molecule has 10 aromatic carbocycles. The fraction of sp³-hybridized carbons (Fsp3) is 0. The zero-order valence-corrected chi connectivity index (χ0v) is 38.6. The summed E-state index contributed by atoms with van der Waals surface area (Å²) in [6, 6.07) is 85.9. The van der Waals surface area contributed by atoms with E-state index in [-0.39, 0.29) is 0 Å². The van der Waals surface area contributed by atoms with E-state index < -0.39 is 0 Å². The van der Waals surface area contributed by atoms with Gasteiger partial charge in [-0.25, -0.2) is 15.0 Å². The minimum absolute atomic E-state index is 0.525. The van der Waals surface area contributed by atoms with Crippen molar-refractivity contribution in [1.29, 1.82) is 10.5 Å². The second kappa shape index (κ2) is 17.4. The fourth-order valence-electron chi connectivity index (χ4n) is 10.2. The first-order valence-corrected chi connectivity index (χ1v) is 23.8. The van der Waals surface area contributed by atoms with Crippen LogP contribution in [0.25, 0.3) is 123 Å². The Morgan fingerprint density at radius 3 is 1.35 bits per heavy atom. The van der Waals surface area contributed by atoms with Crippen molar-refractivity contribution in [2.45, 2.75) is 0 Å². The molecule has 7 nitrogen and oxygen atoms in total. The molecule has 0 amide bonds. The Kier molecular flexibility index (Phi) is 10.1. The number of para-hydroxylation sites is 3. The van der Waals surface area contributed by atoms with Crippen LogP contribution in [-0.4, -0.2) is 24.1 Å². The molecular weight excluding hydrogens is 879 g/mol. The summed E-state index contributed by atoms with van der Waals surface area (Å²) in [5.74, 6) is 1.66. The van der Waals surface area contributed by atoms with Gasteiger partial charge < -0.3 is 9.13 Å². The molecule has 0 spiro atoms. The lowest BCUT2D eigenvalue weighted by molar-refractivity contribution is 1.06. The summed E-state index contributed by atoms with van der Waals surface area (Å²) in [4.78, 5) is 15.9. The van der Waals surface area contributed by atoms with Crippen LogP contribution in [0, 0.1) is 22.7 Å². The molecule has 0 saturated carbocycles. The van der Waals surface area contributed by atoms with Crippen LogP contribution in [0.1, 0.15) is 11.1 Å². The van der Waals surface area contributed by atoms with E-state index in [1.54, 1.807) is 0 Å². The van der Waals surface area contributed by atoms with Crippen LogP contribution in [0.3, 0.4) is 0 Å². The molecule has 0 N–H and O–H groups in total. The van der Waals surface area contributed by atoms with Crippen LogP contribution in [0.5, 0.6) is 0 Å². The van der Waals surface area contributed by atoms with Crippen molar-refractivity contribution in [1.82, 2.24) is 24.1 Å². The van der Waals surface area contributed by atoms with Crippen LogP contribution in [0.15, 0.2) is 237 Å². The highest BCUT2D eigenvalue weighted by molar-refractivity contribution is 6.15. The van der Waals surface area contributed by atoms with Gasteiger partial charge in [0, 0.05) is 49.5 Å². The van der Waals surface area contributed by atoms with Crippen LogP contribution in [0.4, 0.5) is 0 Å². The number of hydrogen-bond donors (Lipinski definition) is 0. The molecule has 0 unspecified atom stereocenters. The number of fused-ring (bicyclic) bond motifs is 6. The molecule has 13 rings (SSSR count). The van der Waals surface area contributed by atoms with E-state index in [4.69, 9.17) is 15.0 Å². The predicted molar refractivity (Wildman–Crippen MR) is 291 cm³/mol. The predicted octanol–water partition coefficient (Wildman–Crippen LogP) is 15.8. The minimum Gasteiger partial charge on any atom is -0.309 e. The Bertz CT molecular complexity index is 4140. The average Bonchev–Trinajstić information content (AvgIpc) is 3.98. The van der Waals surface area contributed by atoms with E-state index >= 15 is 0 Å². The zero-order chi connectivity index (χ0) is 48.1. The van der Waals surface area contributed by atoms with Gasteiger partial charge in [-0.15, -0.1) is 0 Å². The second-order valence-electron chi connectivity index (χ2n) is 17.8. The number of nitriles is 2. The monoisotopic (exact) mass is 917 g/mol. The lowest BCUT2D eigenvalue weighted by atomic mass is 9.98. The number of benzene rings is 10.